The third-order valence-electron chi connectivity index (χ3n) is 0.189. The van der Waals surface area contributed by atoms with Crippen molar-refractivity contribution in [2.45, 2.75) is 5.51 Å². The fourth-order valence-electron chi connectivity index (χ4n) is 0. The van der Waals surface area contributed by atoms with E-state index in [2.05, 4.69) is 0 Å². The Kier molecular flexibility index (Phi) is 5.18. The van der Waals surface area contributed by atoms with Gasteiger partial charge in [0.25, 0.3) is 11.1 Å². The van der Waals surface area contributed by atoms with Gasteiger partial charge in [-0.1, -0.05) is 0 Å². The van der Waals surface area contributed by atoms with Crippen LogP contribution in [0.25, 0.3) is 0 Å². The first-order valence-electron chi connectivity index (χ1n) is 1.10. The monoisotopic (exact) mass is 240 g/mol. The molecule has 0 aliphatic heterocycles. The molecule has 0 aromatic carbocycles. The van der Waals surface area contributed by atoms with Crippen LogP contribution in [0.2, 0.25) is 0 Å². The zero-order valence-electron chi connectivity index (χ0n) is 3.16. The maximum absolute atomic E-state index is 10.6. The van der Waals surface area contributed by atoms with E-state index in [1.54, 1.807) is 0 Å². The molecule has 0 saturated heterocycles. The number of halogens is 3. The second kappa shape index (κ2) is 3.62. The van der Waals surface area contributed by atoms with Crippen LogP contribution >= 0.6 is 0 Å². The van der Waals surface area contributed by atoms with E-state index in [1.807, 2.05) is 0 Å². The molecule has 0 aromatic heterocycles. The smallest absolute Gasteiger partial charge is 0.217 e. The first-order valence-corrected chi connectivity index (χ1v) is 2.18. The molecule has 0 N–H and O–H groups in total. The predicted molar refractivity (Wildman–Crippen MR) is 14.9 cm³/mol. The summed E-state index contributed by atoms with van der Waals surface area (Å²) in [4.78, 5) is 0. The van der Waals surface area contributed by atoms with Gasteiger partial charge in [-0.3, -0.25) is 0 Å². The third-order valence-corrected chi connectivity index (χ3v) is 0.567. The quantitative estimate of drug-likeness (QED) is 0.572. The normalized spacial score (nSPS) is 14.5. The van der Waals surface area contributed by atoms with Crippen molar-refractivity contribution in [2.75, 3.05) is 0 Å². The predicted octanol–water partition coefficient (Wildman–Crippen LogP) is 0.598. The van der Waals surface area contributed by atoms with Crippen LogP contribution in [-0.4, -0.2) is 9.72 Å². The molecule has 0 bridgehead atoms. The molecule has 2 nitrogen and oxygen atoms in total. The van der Waals surface area contributed by atoms with Crippen LogP contribution in [0.4, 0.5) is 13.2 Å². The molecular weight excluding hydrogens is 241 g/mol. The molecule has 0 spiro atoms. The standard InChI is InChI=1S/CF3O2S.Ag/c2-1(3,4)7(5)6;. The molecule has 0 aromatic rings. The zero-order chi connectivity index (χ0) is 6.08. The maximum Gasteiger partial charge on any atom is 0.499 e. The van der Waals surface area contributed by atoms with Crippen molar-refractivity contribution in [3.63, 3.8) is 0 Å². The minimum absolute atomic E-state index is 0. The Bertz CT molecular complexity index is 89.8. The summed E-state index contributed by atoms with van der Waals surface area (Å²) in [5.74, 6) is 0. The summed E-state index contributed by atoms with van der Waals surface area (Å²) in [6, 6.07) is 0. The fraction of sp³-hybridized carbons (Fsp3) is 1.00. The summed E-state index contributed by atoms with van der Waals surface area (Å²) in [6.45, 7) is 0. The van der Waals surface area contributed by atoms with Gasteiger partial charge in [0.05, 0.1) is 0 Å². The van der Waals surface area contributed by atoms with Crippen molar-refractivity contribution >= 4 is 11.1 Å². The van der Waals surface area contributed by atoms with Gasteiger partial charge in [0.15, 0.2) is 0 Å². The number of hydrogen-bond acceptors (Lipinski definition) is 1. The van der Waals surface area contributed by atoms with Crippen LogP contribution in [0.1, 0.15) is 0 Å². The molecule has 0 aliphatic carbocycles. The van der Waals surface area contributed by atoms with Crippen LogP contribution in [0, 0.1) is 0 Å². The van der Waals surface area contributed by atoms with E-state index >= 15 is 0 Å². The Morgan fingerprint density at radius 2 is 1.38 bits per heavy atom. The van der Waals surface area contributed by atoms with Crippen molar-refractivity contribution < 1.29 is 44.3 Å². The van der Waals surface area contributed by atoms with E-state index in [4.69, 9.17) is 8.76 Å². The van der Waals surface area contributed by atoms with Crippen LogP contribution in [0.5, 0.6) is 0 Å². The van der Waals surface area contributed by atoms with Crippen molar-refractivity contribution in [3.05, 3.63) is 0 Å². The summed E-state index contributed by atoms with van der Waals surface area (Å²) < 4.78 is 49.5. The molecule has 54 valence electrons. The van der Waals surface area contributed by atoms with E-state index in [0.717, 1.165) is 0 Å². The van der Waals surface area contributed by atoms with Gasteiger partial charge in [-0.2, -0.15) is 13.2 Å². The summed E-state index contributed by atoms with van der Waals surface area (Å²) in [5, 5.41) is 0. The molecule has 1 atom stereocenters. The first kappa shape index (κ1) is 11.4. The molecule has 8 heavy (non-hydrogen) atoms. The van der Waals surface area contributed by atoms with Crippen molar-refractivity contribution in [2.24, 2.45) is 0 Å². The maximum atomic E-state index is 10.6. The van der Waals surface area contributed by atoms with Crippen molar-refractivity contribution in [3.8, 4) is 0 Å². The molecule has 0 heterocycles. The average Bonchev–Trinajstić information content (AvgIpc) is 1.31. The summed E-state index contributed by atoms with van der Waals surface area (Å²) in [7, 11) is 0. The molecule has 0 aliphatic rings. The largest absolute Gasteiger partial charge is 0.499 e. The van der Waals surface area contributed by atoms with Crippen LogP contribution in [0.15, 0.2) is 0 Å². The summed E-state index contributed by atoms with van der Waals surface area (Å²) in [6.07, 6.45) is 0. The first-order chi connectivity index (χ1) is 2.94. The summed E-state index contributed by atoms with van der Waals surface area (Å²) in [5.41, 5.74) is -5.08. The second-order valence-electron chi connectivity index (χ2n) is 0.680. The van der Waals surface area contributed by atoms with Crippen LogP contribution in [0.3, 0.4) is 0 Å². The molecule has 0 amide bonds. The number of rotatable bonds is 0. The third kappa shape index (κ3) is 4.79. The average molecular weight is 241 g/mol. The molecule has 0 rings (SSSR count). The van der Waals surface area contributed by atoms with Gasteiger partial charge in [-0.15, -0.1) is 4.55 Å². The van der Waals surface area contributed by atoms with E-state index in [-0.39, 0.29) is 22.4 Å². The van der Waals surface area contributed by atoms with Gasteiger partial charge >= 0.3 is 5.51 Å². The van der Waals surface area contributed by atoms with Gasteiger partial charge in [0.1, 0.15) is 0 Å². The topological polar surface area (TPSA) is 37.0 Å². The van der Waals surface area contributed by atoms with Gasteiger partial charge < -0.3 is 0 Å². The molecule has 2 radical (unpaired) electrons. The Labute approximate surface area is 61.2 Å². The summed E-state index contributed by atoms with van der Waals surface area (Å²) >= 11 is -3.93. The second-order valence-corrected chi connectivity index (χ2v) is 1.61. The molecular formula is CAgF3O2S. The van der Waals surface area contributed by atoms with E-state index in [0.29, 0.717) is 0 Å². The minimum atomic E-state index is -5.08. The Morgan fingerprint density at radius 1 is 1.25 bits per heavy atom. The van der Waals surface area contributed by atoms with Crippen molar-refractivity contribution in [1.29, 1.82) is 0 Å². The Morgan fingerprint density at radius 3 is 1.38 bits per heavy atom. The van der Waals surface area contributed by atoms with E-state index in [9.17, 15) is 13.2 Å². The number of hydrogen-bond donors (Lipinski definition) is 0. The molecule has 0 saturated carbocycles. The van der Waals surface area contributed by atoms with Gasteiger partial charge in [-0.25, -0.2) is 4.21 Å². The minimum Gasteiger partial charge on any atom is -0.217 e. The van der Waals surface area contributed by atoms with Gasteiger partial charge in [0.2, 0.25) is 0 Å². The van der Waals surface area contributed by atoms with Gasteiger partial charge in [-0.05, 0) is 0 Å². The molecule has 0 fully saturated rings. The van der Waals surface area contributed by atoms with E-state index < -0.39 is 16.6 Å². The Hall–Kier alpha value is 0.640. The fourth-order valence-corrected chi connectivity index (χ4v) is 0. The van der Waals surface area contributed by atoms with Crippen molar-refractivity contribution in [1.82, 2.24) is 0 Å². The van der Waals surface area contributed by atoms with Crippen LogP contribution in [-0.2, 0) is 38.0 Å². The molecule has 7 heteroatoms. The van der Waals surface area contributed by atoms with Crippen LogP contribution < -0.4 is 0 Å². The number of alkyl halides is 3. The zero-order valence-corrected chi connectivity index (χ0v) is 5.46. The van der Waals surface area contributed by atoms with Gasteiger partial charge in [0, 0.05) is 22.4 Å². The van der Waals surface area contributed by atoms with E-state index in [1.165, 1.54) is 0 Å². The SMILES string of the molecule is [Ag].[O]S(=O)C(F)(F)F. The molecule has 1 unspecified atom stereocenters. The Balaban J connectivity index is 0.